The van der Waals surface area contributed by atoms with Crippen LogP contribution in [-0.4, -0.2) is 30.4 Å². The second-order valence-electron chi connectivity index (χ2n) is 8.03. The van der Waals surface area contributed by atoms with Crippen LogP contribution in [0.25, 0.3) is 0 Å². The molecule has 30 heavy (non-hydrogen) atoms. The number of rotatable bonds is 11. The highest BCUT2D eigenvalue weighted by atomic mass is 35.5. The Morgan fingerprint density at radius 1 is 1.07 bits per heavy atom. The minimum atomic E-state index is -0.262. The van der Waals surface area contributed by atoms with E-state index >= 15 is 0 Å². The molecule has 0 aliphatic heterocycles. The van der Waals surface area contributed by atoms with Gasteiger partial charge in [0.1, 0.15) is 5.82 Å². The lowest BCUT2D eigenvalue weighted by atomic mass is 10.1. The van der Waals surface area contributed by atoms with Gasteiger partial charge in [0, 0.05) is 38.3 Å². The predicted octanol–water partition coefficient (Wildman–Crippen LogP) is 6.57. The van der Waals surface area contributed by atoms with Gasteiger partial charge in [0.2, 0.25) is 5.91 Å². The number of amides is 1. The largest absolute Gasteiger partial charge is 0.367 e. The highest BCUT2D eigenvalue weighted by Crippen LogP contribution is 2.31. The molecular formula is C24H29Cl2FN2O. The third-order valence-electron chi connectivity index (χ3n) is 5.46. The molecule has 0 atom stereocenters. The monoisotopic (exact) mass is 450 g/mol. The van der Waals surface area contributed by atoms with E-state index in [1.54, 1.807) is 18.2 Å². The van der Waals surface area contributed by atoms with Crippen molar-refractivity contribution in [1.82, 2.24) is 4.90 Å². The third-order valence-corrected chi connectivity index (χ3v) is 6.20. The van der Waals surface area contributed by atoms with Crippen LogP contribution >= 0.6 is 23.2 Å². The van der Waals surface area contributed by atoms with Gasteiger partial charge in [0.05, 0.1) is 10.0 Å². The number of carbonyl (C=O) groups is 1. The Labute approximate surface area is 188 Å². The highest BCUT2D eigenvalue weighted by molar-refractivity contribution is 6.42. The van der Waals surface area contributed by atoms with Crippen LogP contribution in [-0.2, 0) is 11.3 Å². The van der Waals surface area contributed by atoms with Gasteiger partial charge in [-0.1, -0.05) is 48.7 Å². The summed E-state index contributed by atoms with van der Waals surface area (Å²) in [5.41, 5.74) is 1.86. The first-order valence-electron chi connectivity index (χ1n) is 10.7. The second-order valence-corrected chi connectivity index (χ2v) is 8.85. The lowest BCUT2D eigenvalue weighted by Gasteiger charge is -2.28. The summed E-state index contributed by atoms with van der Waals surface area (Å²) < 4.78 is 13.3. The summed E-state index contributed by atoms with van der Waals surface area (Å²) in [4.78, 5) is 17.1. The van der Waals surface area contributed by atoms with E-state index in [1.165, 1.54) is 25.0 Å². The van der Waals surface area contributed by atoms with Gasteiger partial charge >= 0.3 is 0 Å². The normalized spacial score (nSPS) is 13.3. The SMILES string of the molecule is CCCCN(CC1CC1)C(=O)CCN(Cc1ccc(F)cc1)c1ccc(Cl)c(Cl)c1. The zero-order valence-electron chi connectivity index (χ0n) is 17.4. The number of hydrogen-bond acceptors (Lipinski definition) is 2. The lowest BCUT2D eigenvalue weighted by molar-refractivity contribution is -0.131. The molecule has 0 heterocycles. The van der Waals surface area contributed by atoms with Crippen molar-refractivity contribution in [3.63, 3.8) is 0 Å². The fourth-order valence-corrected chi connectivity index (χ4v) is 3.75. The number of carbonyl (C=O) groups excluding carboxylic acids is 1. The quantitative estimate of drug-likeness (QED) is 0.386. The molecule has 0 radical (unpaired) electrons. The predicted molar refractivity (Wildman–Crippen MR) is 123 cm³/mol. The minimum Gasteiger partial charge on any atom is -0.367 e. The van der Waals surface area contributed by atoms with Crippen molar-refractivity contribution in [2.75, 3.05) is 24.5 Å². The Morgan fingerprint density at radius 2 is 1.80 bits per heavy atom. The molecule has 1 aliphatic carbocycles. The van der Waals surface area contributed by atoms with Crippen LogP contribution in [0.1, 0.15) is 44.6 Å². The Hall–Kier alpha value is -1.78. The smallest absolute Gasteiger partial charge is 0.224 e. The van der Waals surface area contributed by atoms with E-state index < -0.39 is 0 Å². The first-order chi connectivity index (χ1) is 14.5. The van der Waals surface area contributed by atoms with Gasteiger partial charge in [0.15, 0.2) is 0 Å². The van der Waals surface area contributed by atoms with Gasteiger partial charge in [0.25, 0.3) is 0 Å². The van der Waals surface area contributed by atoms with Crippen LogP contribution in [0.15, 0.2) is 42.5 Å². The number of anilines is 1. The average Bonchev–Trinajstić information content (AvgIpc) is 3.56. The summed E-state index contributed by atoms with van der Waals surface area (Å²) in [5, 5.41) is 0.969. The highest BCUT2D eigenvalue weighted by Gasteiger charge is 2.26. The van der Waals surface area contributed by atoms with Crippen LogP contribution < -0.4 is 4.90 Å². The van der Waals surface area contributed by atoms with Crippen molar-refractivity contribution in [3.05, 3.63) is 63.9 Å². The summed E-state index contributed by atoms with van der Waals surface area (Å²) in [6, 6.07) is 11.9. The maximum atomic E-state index is 13.3. The first kappa shape index (κ1) is 22.9. The van der Waals surface area contributed by atoms with Crippen LogP contribution in [0.3, 0.4) is 0 Å². The maximum absolute atomic E-state index is 13.3. The molecule has 0 unspecified atom stereocenters. The van der Waals surface area contributed by atoms with Crippen LogP contribution in [0.4, 0.5) is 10.1 Å². The Kier molecular flexibility index (Phi) is 8.41. The number of nitrogens with zero attached hydrogens (tertiary/aromatic N) is 2. The molecule has 6 heteroatoms. The molecule has 1 aliphatic rings. The van der Waals surface area contributed by atoms with Gasteiger partial charge in [-0.3, -0.25) is 4.79 Å². The molecule has 0 aromatic heterocycles. The van der Waals surface area contributed by atoms with E-state index in [2.05, 4.69) is 11.8 Å². The van der Waals surface area contributed by atoms with Crippen molar-refractivity contribution in [3.8, 4) is 0 Å². The second kappa shape index (κ2) is 11.0. The molecule has 1 fully saturated rings. The fraction of sp³-hybridized carbons (Fsp3) is 0.458. The van der Waals surface area contributed by atoms with E-state index in [-0.39, 0.29) is 11.7 Å². The van der Waals surface area contributed by atoms with E-state index in [1.807, 2.05) is 17.0 Å². The summed E-state index contributed by atoms with van der Waals surface area (Å²) in [6.07, 6.45) is 5.00. The van der Waals surface area contributed by atoms with E-state index in [9.17, 15) is 9.18 Å². The zero-order chi connectivity index (χ0) is 21.5. The minimum absolute atomic E-state index is 0.194. The lowest BCUT2D eigenvalue weighted by Crippen LogP contribution is -2.36. The summed E-state index contributed by atoms with van der Waals surface area (Å²) in [7, 11) is 0. The van der Waals surface area contributed by atoms with Crippen molar-refractivity contribution in [1.29, 1.82) is 0 Å². The molecule has 0 bridgehead atoms. The van der Waals surface area contributed by atoms with E-state index in [0.717, 1.165) is 37.2 Å². The molecule has 2 aromatic rings. The van der Waals surface area contributed by atoms with E-state index in [4.69, 9.17) is 23.2 Å². The molecule has 2 aromatic carbocycles. The van der Waals surface area contributed by atoms with Gasteiger partial charge in [-0.25, -0.2) is 4.39 Å². The van der Waals surface area contributed by atoms with Crippen molar-refractivity contribution in [2.24, 2.45) is 5.92 Å². The molecule has 162 valence electrons. The molecule has 3 rings (SSSR count). The summed E-state index contributed by atoms with van der Waals surface area (Å²) in [6.45, 7) is 4.97. The molecule has 1 saturated carbocycles. The van der Waals surface area contributed by atoms with Gasteiger partial charge in [-0.2, -0.15) is 0 Å². The van der Waals surface area contributed by atoms with Crippen LogP contribution in [0, 0.1) is 11.7 Å². The molecule has 3 nitrogen and oxygen atoms in total. The van der Waals surface area contributed by atoms with Crippen molar-refractivity contribution >= 4 is 34.8 Å². The molecule has 0 spiro atoms. The zero-order valence-corrected chi connectivity index (χ0v) is 18.9. The Bertz CT molecular complexity index is 840. The van der Waals surface area contributed by atoms with Crippen molar-refractivity contribution < 1.29 is 9.18 Å². The third kappa shape index (κ3) is 6.88. The summed E-state index contributed by atoms with van der Waals surface area (Å²) in [5.74, 6) is 0.609. The summed E-state index contributed by atoms with van der Waals surface area (Å²) >= 11 is 12.3. The average molecular weight is 451 g/mol. The maximum Gasteiger partial charge on any atom is 0.224 e. The number of hydrogen-bond donors (Lipinski definition) is 0. The van der Waals surface area contributed by atoms with Crippen LogP contribution in [0.2, 0.25) is 10.0 Å². The standard InChI is InChI=1S/C24H29Cl2FN2O/c1-2-3-13-29(17-18-4-5-18)24(30)12-14-28(16-19-6-8-20(27)9-7-19)21-10-11-22(25)23(26)15-21/h6-11,15,18H,2-5,12-14,16-17H2,1H3. The van der Waals surface area contributed by atoms with Gasteiger partial charge < -0.3 is 9.80 Å². The molecule has 1 amide bonds. The number of unbranched alkanes of at least 4 members (excludes halogenated alkanes) is 1. The van der Waals surface area contributed by atoms with Gasteiger partial charge in [-0.05, 0) is 61.1 Å². The Morgan fingerprint density at radius 3 is 2.43 bits per heavy atom. The topological polar surface area (TPSA) is 23.6 Å². The van der Waals surface area contributed by atoms with E-state index in [0.29, 0.717) is 35.5 Å². The Balaban J connectivity index is 1.70. The molecular weight excluding hydrogens is 422 g/mol. The van der Waals surface area contributed by atoms with Crippen molar-refractivity contribution in [2.45, 2.75) is 45.6 Å². The fourth-order valence-electron chi connectivity index (χ4n) is 3.46. The van der Waals surface area contributed by atoms with Crippen LogP contribution in [0.5, 0.6) is 0 Å². The first-order valence-corrected chi connectivity index (χ1v) is 11.4. The number of halogens is 3. The molecule has 0 N–H and O–H groups in total. The van der Waals surface area contributed by atoms with Gasteiger partial charge in [-0.15, -0.1) is 0 Å². The number of benzene rings is 2. The molecule has 0 saturated heterocycles.